The van der Waals surface area contributed by atoms with Gasteiger partial charge in [-0.25, -0.2) is 4.90 Å². The molecule has 1 heterocycles. The van der Waals surface area contributed by atoms with E-state index in [1.165, 1.54) is 6.07 Å². The molecule has 1 aromatic rings. The van der Waals surface area contributed by atoms with E-state index in [2.05, 4.69) is 0 Å². The lowest BCUT2D eigenvalue weighted by Crippen LogP contribution is -2.51. The monoisotopic (exact) mass is 251 g/mol. The summed E-state index contributed by atoms with van der Waals surface area (Å²) in [5.74, 6) is -0.845. The maximum Gasteiger partial charge on any atom is 0.271 e. The van der Waals surface area contributed by atoms with Gasteiger partial charge in [0.25, 0.3) is 11.8 Å². The van der Waals surface area contributed by atoms with Crippen molar-refractivity contribution < 1.29 is 19.4 Å². The summed E-state index contributed by atoms with van der Waals surface area (Å²) >= 11 is 0. The molecule has 0 aliphatic carbocycles. The Bertz CT molecular complexity index is 503. The van der Waals surface area contributed by atoms with Crippen molar-refractivity contribution in [1.82, 2.24) is 0 Å². The summed E-state index contributed by atoms with van der Waals surface area (Å²) < 4.78 is 5.18. The number of ether oxygens (including phenoxy) is 1. The normalized spacial score (nSPS) is 15.9. The molecular weight excluding hydrogens is 238 g/mol. The largest absolute Gasteiger partial charge is 0.482 e. The Morgan fingerprint density at radius 1 is 1.56 bits per heavy atom. The average molecular weight is 251 g/mol. The van der Waals surface area contributed by atoms with E-state index in [0.29, 0.717) is 11.4 Å². The second kappa shape index (κ2) is 4.63. The second-order valence-electron chi connectivity index (χ2n) is 3.87. The van der Waals surface area contributed by atoms with Gasteiger partial charge in [0.15, 0.2) is 6.61 Å². The molecule has 0 bridgehead atoms. The number of aliphatic hydroxyl groups is 1. The maximum atomic E-state index is 11.9. The number of anilines is 2. The number of hydrogen-bond acceptors (Lipinski definition) is 6. The van der Waals surface area contributed by atoms with Crippen molar-refractivity contribution in [3.63, 3.8) is 0 Å². The Morgan fingerprint density at radius 3 is 2.94 bits per heavy atom. The van der Waals surface area contributed by atoms with Crippen LogP contribution in [0.25, 0.3) is 0 Å². The van der Waals surface area contributed by atoms with Gasteiger partial charge in [-0.05, 0) is 18.2 Å². The van der Waals surface area contributed by atoms with Gasteiger partial charge in [0.1, 0.15) is 11.8 Å². The van der Waals surface area contributed by atoms with Crippen LogP contribution in [0.15, 0.2) is 18.2 Å². The van der Waals surface area contributed by atoms with E-state index in [1.807, 2.05) is 0 Å². The Balaban J connectivity index is 2.44. The van der Waals surface area contributed by atoms with Crippen LogP contribution in [0.1, 0.15) is 0 Å². The molecule has 1 unspecified atom stereocenters. The summed E-state index contributed by atoms with van der Waals surface area (Å²) in [5, 5.41) is 8.88. The molecule has 0 fully saturated rings. The van der Waals surface area contributed by atoms with Gasteiger partial charge < -0.3 is 21.3 Å². The molecule has 0 aromatic heterocycles. The molecular formula is C11H13N3O4. The smallest absolute Gasteiger partial charge is 0.271 e. The molecule has 1 atom stereocenters. The third kappa shape index (κ3) is 2.01. The predicted octanol–water partition coefficient (Wildman–Crippen LogP) is -1.16. The number of nitrogens with zero attached hydrogens (tertiary/aromatic N) is 1. The zero-order valence-electron chi connectivity index (χ0n) is 9.50. The van der Waals surface area contributed by atoms with E-state index in [-0.39, 0.29) is 12.3 Å². The quantitative estimate of drug-likeness (QED) is 0.570. The van der Waals surface area contributed by atoms with E-state index in [1.54, 1.807) is 12.1 Å². The van der Waals surface area contributed by atoms with Crippen molar-refractivity contribution in [3.05, 3.63) is 18.2 Å². The van der Waals surface area contributed by atoms with Crippen LogP contribution in [0.2, 0.25) is 0 Å². The van der Waals surface area contributed by atoms with Gasteiger partial charge in [-0.15, -0.1) is 0 Å². The number of nitrogen functional groups attached to an aromatic ring is 1. The number of amides is 2. The average Bonchev–Trinajstić information content (AvgIpc) is 2.36. The molecule has 7 nitrogen and oxygen atoms in total. The Hall–Kier alpha value is -2.12. The minimum absolute atomic E-state index is 0.249. The van der Waals surface area contributed by atoms with Gasteiger partial charge in [-0.3, -0.25) is 9.59 Å². The number of imide groups is 1. The van der Waals surface area contributed by atoms with Crippen LogP contribution < -0.4 is 21.1 Å². The summed E-state index contributed by atoms with van der Waals surface area (Å²) in [5.41, 5.74) is 11.7. The van der Waals surface area contributed by atoms with Gasteiger partial charge in [0.2, 0.25) is 0 Å². The van der Waals surface area contributed by atoms with E-state index < -0.39 is 24.5 Å². The number of nitrogens with two attached hydrogens (primary N) is 2. The first-order valence-corrected chi connectivity index (χ1v) is 5.30. The number of aliphatic hydroxyl groups excluding tert-OH is 1. The second-order valence-corrected chi connectivity index (χ2v) is 3.87. The maximum absolute atomic E-state index is 11.9. The lowest BCUT2D eigenvalue weighted by Gasteiger charge is -2.29. The number of benzene rings is 1. The Labute approximate surface area is 103 Å². The fourth-order valence-corrected chi connectivity index (χ4v) is 1.66. The minimum Gasteiger partial charge on any atom is -0.482 e. The van der Waals surface area contributed by atoms with Crippen LogP contribution in [0, 0.1) is 0 Å². The molecule has 0 radical (unpaired) electrons. The number of rotatable bonds is 2. The molecule has 1 aliphatic rings. The summed E-state index contributed by atoms with van der Waals surface area (Å²) in [7, 11) is 0. The Kier molecular flexibility index (Phi) is 3.17. The topological polar surface area (TPSA) is 119 Å². The summed E-state index contributed by atoms with van der Waals surface area (Å²) in [6.07, 6.45) is 0. The zero-order valence-corrected chi connectivity index (χ0v) is 9.50. The number of fused-ring (bicyclic) bond motifs is 1. The third-order valence-electron chi connectivity index (χ3n) is 2.56. The molecule has 2 rings (SSSR count). The predicted molar refractivity (Wildman–Crippen MR) is 63.9 cm³/mol. The van der Waals surface area contributed by atoms with Crippen molar-refractivity contribution in [2.24, 2.45) is 5.73 Å². The highest BCUT2D eigenvalue weighted by Gasteiger charge is 2.33. The first-order valence-electron chi connectivity index (χ1n) is 5.30. The molecule has 2 amide bonds. The number of carbonyl (C=O) groups is 2. The number of hydrogen-bond donors (Lipinski definition) is 3. The van der Waals surface area contributed by atoms with E-state index in [9.17, 15) is 9.59 Å². The highest BCUT2D eigenvalue weighted by Crippen LogP contribution is 2.33. The number of carbonyl (C=O) groups excluding carboxylic acids is 2. The molecule has 1 aliphatic heterocycles. The van der Waals surface area contributed by atoms with Gasteiger partial charge >= 0.3 is 0 Å². The van der Waals surface area contributed by atoms with Crippen LogP contribution >= 0.6 is 0 Å². The Morgan fingerprint density at radius 2 is 2.28 bits per heavy atom. The summed E-state index contributed by atoms with van der Waals surface area (Å²) in [6.45, 7) is -0.790. The van der Waals surface area contributed by atoms with Gasteiger partial charge in [-0.2, -0.15) is 0 Å². The van der Waals surface area contributed by atoms with Crippen molar-refractivity contribution in [2.45, 2.75) is 6.04 Å². The SMILES string of the molecule is Nc1ccc2c(c1)N(C(=O)C(N)CO)C(=O)CO2. The summed E-state index contributed by atoms with van der Waals surface area (Å²) in [6, 6.07) is 3.47. The molecule has 1 aromatic carbocycles. The highest BCUT2D eigenvalue weighted by atomic mass is 16.5. The third-order valence-corrected chi connectivity index (χ3v) is 2.56. The first-order chi connectivity index (χ1) is 8.54. The van der Waals surface area contributed by atoms with Gasteiger partial charge in [0, 0.05) is 5.69 Å². The van der Waals surface area contributed by atoms with Crippen molar-refractivity contribution in [1.29, 1.82) is 0 Å². The van der Waals surface area contributed by atoms with Crippen molar-refractivity contribution >= 4 is 23.2 Å². The van der Waals surface area contributed by atoms with E-state index >= 15 is 0 Å². The fraction of sp³-hybridized carbons (Fsp3) is 0.273. The van der Waals surface area contributed by atoms with Crippen LogP contribution in [-0.4, -0.2) is 36.2 Å². The van der Waals surface area contributed by atoms with Crippen LogP contribution in [-0.2, 0) is 9.59 Å². The van der Waals surface area contributed by atoms with E-state index in [0.717, 1.165) is 4.90 Å². The standard InChI is InChI=1S/C11H13N3O4/c12-6-1-2-9-8(3-6)14(10(16)5-18-9)11(17)7(13)4-15/h1-3,7,15H,4-5,12-13H2. The lowest BCUT2D eigenvalue weighted by molar-refractivity contribution is -0.129. The van der Waals surface area contributed by atoms with Gasteiger partial charge in [0.05, 0.1) is 12.3 Å². The summed E-state index contributed by atoms with van der Waals surface area (Å²) in [4.78, 5) is 24.6. The highest BCUT2D eigenvalue weighted by molar-refractivity contribution is 6.18. The minimum atomic E-state index is -1.15. The molecule has 0 saturated heterocycles. The molecule has 0 spiro atoms. The fourth-order valence-electron chi connectivity index (χ4n) is 1.66. The lowest BCUT2D eigenvalue weighted by atomic mass is 10.1. The molecule has 18 heavy (non-hydrogen) atoms. The van der Waals surface area contributed by atoms with Crippen LogP contribution in [0.4, 0.5) is 11.4 Å². The molecule has 7 heteroatoms. The molecule has 5 N–H and O–H groups in total. The molecule has 0 saturated carbocycles. The van der Waals surface area contributed by atoms with Crippen molar-refractivity contribution in [2.75, 3.05) is 23.8 Å². The zero-order chi connectivity index (χ0) is 13.3. The molecule has 96 valence electrons. The van der Waals surface area contributed by atoms with Crippen molar-refractivity contribution in [3.8, 4) is 5.75 Å². The van der Waals surface area contributed by atoms with Crippen LogP contribution in [0.3, 0.4) is 0 Å². The van der Waals surface area contributed by atoms with Crippen LogP contribution in [0.5, 0.6) is 5.75 Å². The van der Waals surface area contributed by atoms with E-state index in [4.69, 9.17) is 21.3 Å². The van der Waals surface area contributed by atoms with Gasteiger partial charge in [-0.1, -0.05) is 0 Å². The first kappa shape index (κ1) is 12.3.